The summed E-state index contributed by atoms with van der Waals surface area (Å²) in [6.07, 6.45) is 6.69. The molecule has 0 radical (unpaired) electrons. The molecule has 29 heavy (non-hydrogen) atoms. The second-order valence-corrected chi connectivity index (χ2v) is 7.03. The molecule has 1 unspecified atom stereocenters. The van der Waals surface area contributed by atoms with E-state index >= 15 is 0 Å². The van der Waals surface area contributed by atoms with E-state index in [-0.39, 0.29) is 28.8 Å². The van der Waals surface area contributed by atoms with Gasteiger partial charge in [-0.05, 0) is 44.4 Å². The molecule has 3 heterocycles. The van der Waals surface area contributed by atoms with Crippen molar-refractivity contribution in [3.63, 3.8) is 0 Å². The molecule has 1 aliphatic rings. The number of aromatic amines is 1. The first kappa shape index (κ1) is 20.1. The number of H-pyrrole nitrogens is 1. The fourth-order valence-corrected chi connectivity index (χ4v) is 3.22. The zero-order valence-electron chi connectivity index (χ0n) is 16.1. The lowest BCUT2D eigenvalue weighted by Crippen LogP contribution is -2.45. The molecule has 0 spiro atoms. The normalized spacial score (nSPS) is 17.3. The van der Waals surface area contributed by atoms with Crippen molar-refractivity contribution in [2.45, 2.75) is 32.2 Å². The summed E-state index contributed by atoms with van der Waals surface area (Å²) >= 11 is 0. The number of pyridine rings is 1. The van der Waals surface area contributed by atoms with E-state index in [2.05, 4.69) is 10.3 Å². The van der Waals surface area contributed by atoms with Crippen molar-refractivity contribution in [2.24, 2.45) is 0 Å². The predicted molar refractivity (Wildman–Crippen MR) is 106 cm³/mol. The topological polar surface area (TPSA) is 119 Å². The van der Waals surface area contributed by atoms with Gasteiger partial charge in [0.2, 0.25) is 0 Å². The molecule has 1 saturated heterocycles. The van der Waals surface area contributed by atoms with E-state index in [4.69, 9.17) is 4.42 Å². The van der Waals surface area contributed by atoms with Crippen molar-refractivity contribution >= 4 is 17.9 Å². The number of carbonyl (C=O) groups is 2. The van der Waals surface area contributed by atoms with Gasteiger partial charge in [-0.1, -0.05) is 6.07 Å². The minimum atomic E-state index is -0.489. The van der Waals surface area contributed by atoms with Crippen molar-refractivity contribution in [3.05, 3.63) is 63.5 Å². The predicted octanol–water partition coefficient (Wildman–Crippen LogP) is 1.99. The molecule has 0 aromatic carbocycles. The van der Waals surface area contributed by atoms with Gasteiger partial charge in [0.1, 0.15) is 17.3 Å². The molecular formula is C21H22N4O4. The molecule has 2 N–H and O–H groups in total. The van der Waals surface area contributed by atoms with Crippen LogP contribution in [0.25, 0.3) is 6.08 Å². The van der Waals surface area contributed by atoms with Crippen LogP contribution in [0.5, 0.6) is 0 Å². The van der Waals surface area contributed by atoms with Crippen LogP contribution in [-0.2, 0) is 4.79 Å². The number of rotatable bonds is 4. The second-order valence-electron chi connectivity index (χ2n) is 7.03. The number of hydrogen-bond acceptors (Lipinski definition) is 5. The molecule has 2 amide bonds. The molecular weight excluding hydrogens is 372 g/mol. The number of nitriles is 1. The number of nitrogens with zero attached hydrogens (tertiary/aromatic N) is 2. The molecule has 150 valence electrons. The van der Waals surface area contributed by atoms with Gasteiger partial charge in [-0.15, -0.1) is 0 Å². The molecule has 3 rings (SSSR count). The van der Waals surface area contributed by atoms with E-state index in [0.29, 0.717) is 30.6 Å². The number of furan rings is 1. The summed E-state index contributed by atoms with van der Waals surface area (Å²) in [5, 5.41) is 12.2. The van der Waals surface area contributed by atoms with E-state index in [1.54, 1.807) is 30.0 Å². The lowest BCUT2D eigenvalue weighted by Gasteiger charge is -2.25. The van der Waals surface area contributed by atoms with Crippen LogP contribution >= 0.6 is 0 Å². The Bertz CT molecular complexity index is 1010. The van der Waals surface area contributed by atoms with Gasteiger partial charge in [0.05, 0.1) is 12.5 Å². The summed E-state index contributed by atoms with van der Waals surface area (Å²) in [4.78, 5) is 41.4. The van der Waals surface area contributed by atoms with Gasteiger partial charge < -0.3 is 19.6 Å². The summed E-state index contributed by atoms with van der Waals surface area (Å²) in [6, 6.07) is 6.48. The minimum absolute atomic E-state index is 0.0311. The number of hydrogen-bond donors (Lipinski definition) is 2. The lowest BCUT2D eigenvalue weighted by molar-refractivity contribution is -0.117. The number of aromatic nitrogens is 1. The van der Waals surface area contributed by atoms with Crippen molar-refractivity contribution in [3.8, 4) is 6.07 Å². The highest BCUT2D eigenvalue weighted by Crippen LogP contribution is 2.14. The standard InChI is InChI=1S/C21H22N4O4/c1-14-5-6-18(24-19(14)26)21(28)25-8-3-2-4-17(12-25)23-20(27)16(11-22)10-15-7-9-29-13-15/h5-7,9-10,13,17H,2-4,8,12H2,1H3,(H,23,27)(H,24,26)/b16-10-. The number of amides is 2. The summed E-state index contributed by atoms with van der Waals surface area (Å²) < 4.78 is 4.95. The maximum Gasteiger partial charge on any atom is 0.270 e. The third-order valence-corrected chi connectivity index (χ3v) is 4.85. The molecule has 1 fully saturated rings. The average molecular weight is 394 g/mol. The zero-order chi connectivity index (χ0) is 20.8. The van der Waals surface area contributed by atoms with Crippen LogP contribution in [0.15, 0.2) is 45.5 Å². The van der Waals surface area contributed by atoms with Gasteiger partial charge in [-0.3, -0.25) is 14.4 Å². The zero-order valence-corrected chi connectivity index (χ0v) is 16.1. The molecule has 8 heteroatoms. The van der Waals surface area contributed by atoms with Crippen molar-refractivity contribution in [2.75, 3.05) is 13.1 Å². The monoisotopic (exact) mass is 394 g/mol. The quantitative estimate of drug-likeness (QED) is 0.607. The Morgan fingerprint density at radius 2 is 2.17 bits per heavy atom. The molecule has 1 aliphatic heterocycles. The lowest BCUT2D eigenvalue weighted by atomic mass is 10.1. The number of nitrogens with one attached hydrogen (secondary N) is 2. The molecule has 0 aliphatic carbocycles. The van der Waals surface area contributed by atoms with E-state index in [0.717, 1.165) is 12.8 Å². The number of aryl methyl sites for hydroxylation is 1. The van der Waals surface area contributed by atoms with E-state index in [1.165, 1.54) is 18.6 Å². The van der Waals surface area contributed by atoms with Crippen LogP contribution in [-0.4, -0.2) is 40.8 Å². The van der Waals surface area contributed by atoms with Gasteiger partial charge in [0.15, 0.2) is 0 Å². The van der Waals surface area contributed by atoms with Crippen molar-refractivity contribution < 1.29 is 14.0 Å². The maximum atomic E-state index is 12.8. The van der Waals surface area contributed by atoms with Crippen LogP contribution in [0.4, 0.5) is 0 Å². The van der Waals surface area contributed by atoms with E-state index in [9.17, 15) is 19.6 Å². The molecule has 0 bridgehead atoms. The van der Waals surface area contributed by atoms with Gasteiger partial charge in [-0.25, -0.2) is 0 Å². The third kappa shape index (κ3) is 5.02. The first-order valence-electron chi connectivity index (χ1n) is 9.42. The summed E-state index contributed by atoms with van der Waals surface area (Å²) in [5.41, 5.74) is 1.06. The Hall–Kier alpha value is -3.60. The number of likely N-dealkylation sites (tertiary alicyclic amines) is 1. The Morgan fingerprint density at radius 3 is 2.86 bits per heavy atom. The van der Waals surface area contributed by atoms with Crippen LogP contribution in [0.1, 0.15) is 40.9 Å². The van der Waals surface area contributed by atoms with Gasteiger partial charge in [0.25, 0.3) is 17.4 Å². The number of carbonyl (C=O) groups excluding carboxylic acids is 2. The highest BCUT2D eigenvalue weighted by Gasteiger charge is 2.25. The average Bonchev–Trinajstić information content (AvgIpc) is 3.12. The van der Waals surface area contributed by atoms with Crippen LogP contribution in [0.3, 0.4) is 0 Å². The minimum Gasteiger partial charge on any atom is -0.472 e. The second kappa shape index (κ2) is 9.06. The summed E-state index contributed by atoms with van der Waals surface area (Å²) in [5.74, 6) is -0.769. The molecule has 1 atom stereocenters. The first-order valence-corrected chi connectivity index (χ1v) is 9.42. The molecule has 0 saturated carbocycles. The maximum absolute atomic E-state index is 12.8. The van der Waals surface area contributed by atoms with Crippen molar-refractivity contribution in [1.82, 2.24) is 15.2 Å². The summed E-state index contributed by atoms with van der Waals surface area (Å²) in [6.45, 7) is 2.52. The SMILES string of the molecule is Cc1ccc(C(=O)N2CCCCC(NC(=O)/C(C#N)=C\c3ccoc3)C2)[nH]c1=O. The Balaban J connectivity index is 1.71. The smallest absolute Gasteiger partial charge is 0.270 e. The van der Waals surface area contributed by atoms with Gasteiger partial charge >= 0.3 is 0 Å². The molecule has 2 aromatic rings. The van der Waals surface area contributed by atoms with Crippen LogP contribution < -0.4 is 10.9 Å². The fraction of sp³-hybridized carbons (Fsp3) is 0.333. The molecule has 8 nitrogen and oxygen atoms in total. The van der Waals surface area contributed by atoms with Gasteiger partial charge in [0, 0.05) is 30.3 Å². The fourth-order valence-electron chi connectivity index (χ4n) is 3.22. The van der Waals surface area contributed by atoms with Crippen LogP contribution in [0, 0.1) is 18.3 Å². The van der Waals surface area contributed by atoms with E-state index in [1.807, 2.05) is 6.07 Å². The molecule has 2 aromatic heterocycles. The Kier molecular flexibility index (Phi) is 6.29. The van der Waals surface area contributed by atoms with E-state index < -0.39 is 5.91 Å². The largest absolute Gasteiger partial charge is 0.472 e. The van der Waals surface area contributed by atoms with Crippen molar-refractivity contribution in [1.29, 1.82) is 5.26 Å². The van der Waals surface area contributed by atoms with Gasteiger partial charge in [-0.2, -0.15) is 5.26 Å². The Morgan fingerprint density at radius 1 is 1.34 bits per heavy atom. The van der Waals surface area contributed by atoms with Crippen LogP contribution in [0.2, 0.25) is 0 Å². The summed E-state index contributed by atoms with van der Waals surface area (Å²) in [7, 11) is 0. The first-order chi connectivity index (χ1) is 14.0. The third-order valence-electron chi connectivity index (χ3n) is 4.85. The highest BCUT2D eigenvalue weighted by atomic mass is 16.3. The highest BCUT2D eigenvalue weighted by molar-refractivity contribution is 6.01. The Labute approximate surface area is 167 Å².